The summed E-state index contributed by atoms with van der Waals surface area (Å²) in [4.78, 5) is 23.7. The third-order valence-electron chi connectivity index (χ3n) is 3.13. The number of Topliss-reactive ketones (excluding diaryl/α,β-unsaturated/α-hetero) is 1. The van der Waals surface area contributed by atoms with Crippen LogP contribution in [0.25, 0.3) is 0 Å². The zero-order chi connectivity index (χ0) is 16.8. The molecule has 1 N–H and O–H groups in total. The van der Waals surface area contributed by atoms with Crippen molar-refractivity contribution in [1.29, 1.82) is 0 Å². The Balaban J connectivity index is 2.01. The second-order valence-electron chi connectivity index (χ2n) is 4.87. The lowest BCUT2D eigenvalue weighted by Gasteiger charge is -2.09. The summed E-state index contributed by atoms with van der Waals surface area (Å²) in [7, 11) is 0. The molecule has 1 aromatic carbocycles. The highest BCUT2D eigenvalue weighted by Gasteiger charge is 2.13. The molecular formula is C16H18N4O2S. The monoisotopic (exact) mass is 330 g/mol. The van der Waals surface area contributed by atoms with E-state index in [0.29, 0.717) is 23.0 Å². The first-order valence-electron chi connectivity index (χ1n) is 7.06. The molecule has 120 valence electrons. The highest BCUT2D eigenvalue weighted by atomic mass is 32.2. The van der Waals surface area contributed by atoms with Crippen molar-refractivity contribution >= 4 is 29.1 Å². The number of carbonyl (C=O) groups excluding carboxylic acids is 2. The molecule has 0 spiro atoms. The van der Waals surface area contributed by atoms with E-state index in [4.69, 9.17) is 0 Å². The number of benzene rings is 1. The SMILES string of the molecule is C=CCn1c(C)nnc1SCC(=O)Nc1ccccc1C(C)=O. The lowest BCUT2D eigenvalue weighted by molar-refractivity contribution is -0.113. The second kappa shape index (κ2) is 7.73. The van der Waals surface area contributed by atoms with Crippen LogP contribution < -0.4 is 5.32 Å². The van der Waals surface area contributed by atoms with Crippen molar-refractivity contribution in [3.63, 3.8) is 0 Å². The van der Waals surface area contributed by atoms with Crippen molar-refractivity contribution in [3.8, 4) is 0 Å². The molecule has 0 aliphatic carbocycles. The molecule has 0 unspecified atom stereocenters. The van der Waals surface area contributed by atoms with Crippen LogP contribution in [0.4, 0.5) is 5.69 Å². The van der Waals surface area contributed by atoms with Crippen LogP contribution in [0.2, 0.25) is 0 Å². The van der Waals surface area contributed by atoms with Gasteiger partial charge >= 0.3 is 0 Å². The minimum Gasteiger partial charge on any atom is -0.325 e. The van der Waals surface area contributed by atoms with Crippen molar-refractivity contribution in [3.05, 3.63) is 48.3 Å². The maximum absolute atomic E-state index is 12.1. The van der Waals surface area contributed by atoms with Crippen LogP contribution in [-0.2, 0) is 11.3 Å². The number of anilines is 1. The number of thioether (sulfide) groups is 1. The van der Waals surface area contributed by atoms with Gasteiger partial charge < -0.3 is 9.88 Å². The third kappa shape index (κ3) is 4.29. The van der Waals surface area contributed by atoms with Gasteiger partial charge in [0.15, 0.2) is 10.9 Å². The maximum atomic E-state index is 12.1. The molecule has 6 nitrogen and oxygen atoms in total. The predicted molar refractivity (Wildman–Crippen MR) is 90.8 cm³/mol. The first kappa shape index (κ1) is 17.0. The highest BCUT2D eigenvalue weighted by molar-refractivity contribution is 7.99. The Hall–Kier alpha value is -2.41. The van der Waals surface area contributed by atoms with Gasteiger partial charge in [0.1, 0.15) is 5.82 Å². The third-order valence-corrected chi connectivity index (χ3v) is 4.09. The van der Waals surface area contributed by atoms with Crippen molar-refractivity contribution < 1.29 is 9.59 Å². The van der Waals surface area contributed by atoms with Gasteiger partial charge in [-0.1, -0.05) is 30.0 Å². The van der Waals surface area contributed by atoms with Crippen molar-refractivity contribution in [2.75, 3.05) is 11.1 Å². The Labute approximate surface area is 139 Å². The van der Waals surface area contributed by atoms with E-state index < -0.39 is 0 Å². The minimum atomic E-state index is -0.200. The van der Waals surface area contributed by atoms with Gasteiger partial charge in [-0.3, -0.25) is 9.59 Å². The number of amides is 1. The molecule has 0 bridgehead atoms. The van der Waals surface area contributed by atoms with E-state index in [2.05, 4.69) is 22.1 Å². The molecule has 23 heavy (non-hydrogen) atoms. The predicted octanol–water partition coefficient (Wildman–Crippen LogP) is 2.71. The molecule has 0 aliphatic heterocycles. The molecule has 0 saturated heterocycles. The summed E-state index contributed by atoms with van der Waals surface area (Å²) < 4.78 is 1.88. The number of ketones is 1. The standard InChI is InChI=1S/C16H18N4O2S/c1-4-9-20-12(3)18-19-16(20)23-10-15(22)17-14-8-6-5-7-13(14)11(2)21/h4-8H,1,9-10H2,2-3H3,(H,17,22). The van der Waals surface area contributed by atoms with Gasteiger partial charge in [-0.25, -0.2) is 0 Å². The zero-order valence-corrected chi connectivity index (χ0v) is 13.9. The first-order chi connectivity index (χ1) is 11.0. The van der Waals surface area contributed by atoms with Crippen molar-refractivity contribution in [2.24, 2.45) is 0 Å². The van der Waals surface area contributed by atoms with Crippen molar-refractivity contribution in [2.45, 2.75) is 25.5 Å². The Morgan fingerprint density at radius 3 is 2.78 bits per heavy atom. The van der Waals surface area contributed by atoms with Crippen molar-refractivity contribution in [1.82, 2.24) is 14.8 Å². The number of nitrogens with zero attached hydrogens (tertiary/aromatic N) is 3. The normalized spacial score (nSPS) is 10.3. The molecule has 7 heteroatoms. The summed E-state index contributed by atoms with van der Waals surface area (Å²) in [5.74, 6) is 0.667. The molecule has 0 fully saturated rings. The van der Waals surface area contributed by atoms with Gasteiger partial charge in [-0.2, -0.15) is 0 Å². The fraction of sp³-hybridized carbons (Fsp3) is 0.250. The van der Waals surface area contributed by atoms with Gasteiger partial charge in [0.05, 0.1) is 11.4 Å². The highest BCUT2D eigenvalue weighted by Crippen LogP contribution is 2.19. The average molecular weight is 330 g/mol. The van der Waals surface area contributed by atoms with Crippen LogP contribution in [0.3, 0.4) is 0 Å². The van der Waals surface area contributed by atoms with E-state index in [1.54, 1.807) is 30.3 Å². The summed E-state index contributed by atoms with van der Waals surface area (Å²) in [6.07, 6.45) is 1.75. The molecule has 0 saturated carbocycles. The van der Waals surface area contributed by atoms with E-state index in [9.17, 15) is 9.59 Å². The van der Waals surface area contributed by atoms with Gasteiger partial charge in [0.2, 0.25) is 5.91 Å². The topological polar surface area (TPSA) is 76.9 Å². The van der Waals surface area contributed by atoms with Gasteiger partial charge in [0.25, 0.3) is 0 Å². The lowest BCUT2D eigenvalue weighted by atomic mass is 10.1. The number of hydrogen-bond donors (Lipinski definition) is 1. The molecular weight excluding hydrogens is 312 g/mol. The average Bonchev–Trinajstić information content (AvgIpc) is 2.87. The molecule has 2 aromatic rings. The van der Waals surface area contributed by atoms with Crippen LogP contribution in [0.1, 0.15) is 23.1 Å². The Morgan fingerprint density at radius 1 is 1.35 bits per heavy atom. The number of para-hydroxylation sites is 1. The summed E-state index contributed by atoms with van der Waals surface area (Å²) in [5.41, 5.74) is 1.02. The number of hydrogen-bond acceptors (Lipinski definition) is 5. The maximum Gasteiger partial charge on any atom is 0.234 e. The Kier molecular flexibility index (Phi) is 5.70. The number of aryl methyl sites for hydroxylation is 1. The summed E-state index contributed by atoms with van der Waals surface area (Å²) in [5, 5.41) is 11.5. The van der Waals surface area contributed by atoms with Crippen LogP contribution in [-0.4, -0.2) is 32.2 Å². The number of rotatable bonds is 7. The summed E-state index contributed by atoms with van der Waals surface area (Å²) in [6, 6.07) is 6.94. The Morgan fingerprint density at radius 2 is 2.09 bits per heavy atom. The molecule has 0 atom stereocenters. The van der Waals surface area contributed by atoms with E-state index in [0.717, 1.165) is 5.82 Å². The quantitative estimate of drug-likeness (QED) is 0.480. The fourth-order valence-electron chi connectivity index (χ4n) is 2.02. The van der Waals surface area contributed by atoms with Gasteiger partial charge in [-0.15, -0.1) is 16.8 Å². The van der Waals surface area contributed by atoms with Crippen LogP contribution in [0.5, 0.6) is 0 Å². The summed E-state index contributed by atoms with van der Waals surface area (Å²) in [6.45, 7) is 7.61. The Bertz CT molecular complexity index is 739. The van der Waals surface area contributed by atoms with E-state index >= 15 is 0 Å². The number of nitrogens with one attached hydrogen (secondary N) is 1. The van der Waals surface area contributed by atoms with E-state index in [-0.39, 0.29) is 17.4 Å². The molecule has 1 aromatic heterocycles. The minimum absolute atomic E-state index is 0.0881. The smallest absolute Gasteiger partial charge is 0.234 e. The number of carbonyl (C=O) groups is 2. The molecule has 2 rings (SSSR count). The number of aromatic nitrogens is 3. The fourth-order valence-corrected chi connectivity index (χ4v) is 2.82. The van der Waals surface area contributed by atoms with E-state index in [1.165, 1.54) is 18.7 Å². The van der Waals surface area contributed by atoms with Crippen LogP contribution in [0.15, 0.2) is 42.1 Å². The molecule has 0 aliphatic rings. The first-order valence-corrected chi connectivity index (χ1v) is 8.04. The summed E-state index contributed by atoms with van der Waals surface area (Å²) >= 11 is 1.29. The lowest BCUT2D eigenvalue weighted by Crippen LogP contribution is -2.16. The second-order valence-corrected chi connectivity index (χ2v) is 5.81. The largest absolute Gasteiger partial charge is 0.325 e. The van der Waals surface area contributed by atoms with Crippen LogP contribution in [0, 0.1) is 6.92 Å². The molecule has 0 radical (unpaired) electrons. The van der Waals surface area contributed by atoms with Gasteiger partial charge in [0, 0.05) is 12.1 Å². The zero-order valence-electron chi connectivity index (χ0n) is 13.1. The molecule has 1 amide bonds. The van der Waals surface area contributed by atoms with Crippen LogP contribution >= 0.6 is 11.8 Å². The van der Waals surface area contributed by atoms with E-state index in [1.807, 2.05) is 11.5 Å². The number of allylic oxidation sites excluding steroid dienone is 1. The van der Waals surface area contributed by atoms with Gasteiger partial charge in [-0.05, 0) is 26.0 Å². The molecule has 1 heterocycles.